The molecule has 1 aliphatic rings. The summed E-state index contributed by atoms with van der Waals surface area (Å²) in [5.74, 6) is 1.47. The van der Waals surface area contributed by atoms with Crippen LogP contribution in [-0.2, 0) is 16.1 Å². The van der Waals surface area contributed by atoms with Crippen molar-refractivity contribution in [3.05, 3.63) is 23.8 Å². The first-order valence-electron chi connectivity index (χ1n) is 6.80. The van der Waals surface area contributed by atoms with E-state index in [1.807, 2.05) is 32.0 Å². The number of nitrogens with zero attached hydrogens (tertiary/aromatic N) is 1. The van der Waals surface area contributed by atoms with Crippen LogP contribution in [0.1, 0.15) is 19.4 Å². The van der Waals surface area contributed by atoms with Crippen molar-refractivity contribution in [2.24, 2.45) is 0 Å². The summed E-state index contributed by atoms with van der Waals surface area (Å²) in [5, 5.41) is 0. The normalized spacial score (nSPS) is 13.4. The second-order valence-corrected chi connectivity index (χ2v) is 5.09. The molecule has 0 aromatic heterocycles. The molecule has 0 saturated heterocycles. The SMILES string of the molecule is CC(C)OCC(=O)N(C)Cc1ccc2c(c1)OCCO2. The van der Waals surface area contributed by atoms with Crippen molar-refractivity contribution in [3.8, 4) is 11.5 Å². The Labute approximate surface area is 119 Å². The Hall–Kier alpha value is -1.75. The molecule has 0 radical (unpaired) electrons. The molecule has 20 heavy (non-hydrogen) atoms. The second kappa shape index (κ2) is 6.61. The average Bonchev–Trinajstić information content (AvgIpc) is 2.44. The van der Waals surface area contributed by atoms with Crippen molar-refractivity contribution in [2.45, 2.75) is 26.5 Å². The van der Waals surface area contributed by atoms with E-state index >= 15 is 0 Å². The van der Waals surface area contributed by atoms with E-state index in [-0.39, 0.29) is 18.6 Å². The first-order valence-corrected chi connectivity index (χ1v) is 6.80. The molecule has 0 bridgehead atoms. The predicted octanol–water partition coefficient (Wildman–Crippen LogP) is 1.84. The highest BCUT2D eigenvalue weighted by molar-refractivity contribution is 5.77. The topological polar surface area (TPSA) is 48.0 Å². The fraction of sp³-hybridized carbons (Fsp3) is 0.533. The van der Waals surface area contributed by atoms with Gasteiger partial charge in [0.1, 0.15) is 19.8 Å². The molecule has 0 atom stereocenters. The van der Waals surface area contributed by atoms with Crippen LogP contribution in [-0.4, -0.2) is 43.8 Å². The zero-order valence-corrected chi connectivity index (χ0v) is 12.2. The molecular weight excluding hydrogens is 258 g/mol. The van der Waals surface area contributed by atoms with Gasteiger partial charge in [-0.05, 0) is 31.5 Å². The summed E-state index contributed by atoms with van der Waals surface area (Å²) in [7, 11) is 1.77. The smallest absolute Gasteiger partial charge is 0.248 e. The van der Waals surface area contributed by atoms with E-state index in [2.05, 4.69) is 0 Å². The molecule has 1 heterocycles. The van der Waals surface area contributed by atoms with Gasteiger partial charge in [0.05, 0.1) is 6.10 Å². The molecule has 2 rings (SSSR count). The van der Waals surface area contributed by atoms with E-state index in [0.29, 0.717) is 19.8 Å². The molecule has 0 fully saturated rings. The summed E-state index contributed by atoms with van der Waals surface area (Å²) in [6.07, 6.45) is 0.0571. The van der Waals surface area contributed by atoms with Crippen molar-refractivity contribution in [3.63, 3.8) is 0 Å². The van der Waals surface area contributed by atoms with Gasteiger partial charge in [0.2, 0.25) is 5.91 Å². The van der Waals surface area contributed by atoms with Crippen LogP contribution >= 0.6 is 0 Å². The number of carbonyl (C=O) groups excluding carboxylic acids is 1. The number of hydrogen-bond donors (Lipinski definition) is 0. The number of carbonyl (C=O) groups is 1. The Balaban J connectivity index is 1.93. The van der Waals surface area contributed by atoms with Gasteiger partial charge < -0.3 is 19.1 Å². The highest BCUT2D eigenvalue weighted by Crippen LogP contribution is 2.30. The first-order chi connectivity index (χ1) is 9.56. The van der Waals surface area contributed by atoms with E-state index in [0.717, 1.165) is 17.1 Å². The maximum Gasteiger partial charge on any atom is 0.248 e. The molecule has 0 spiro atoms. The minimum absolute atomic E-state index is 0.0337. The average molecular weight is 279 g/mol. The third-order valence-electron chi connectivity index (χ3n) is 2.99. The molecule has 1 aromatic carbocycles. The molecule has 1 amide bonds. The van der Waals surface area contributed by atoms with Crippen LogP contribution in [0.5, 0.6) is 11.5 Å². The van der Waals surface area contributed by atoms with Gasteiger partial charge in [-0.15, -0.1) is 0 Å². The fourth-order valence-electron chi connectivity index (χ4n) is 1.90. The second-order valence-electron chi connectivity index (χ2n) is 5.09. The van der Waals surface area contributed by atoms with Gasteiger partial charge in [-0.2, -0.15) is 0 Å². The Kier molecular flexibility index (Phi) is 4.84. The number of likely N-dealkylation sites (N-methyl/N-ethyl adjacent to an activating group) is 1. The van der Waals surface area contributed by atoms with Crippen molar-refractivity contribution in [1.29, 1.82) is 0 Å². The van der Waals surface area contributed by atoms with Crippen LogP contribution in [0.2, 0.25) is 0 Å². The van der Waals surface area contributed by atoms with Crippen LogP contribution in [0.3, 0.4) is 0 Å². The minimum atomic E-state index is -0.0337. The van der Waals surface area contributed by atoms with Gasteiger partial charge >= 0.3 is 0 Å². The molecule has 1 aliphatic heterocycles. The van der Waals surface area contributed by atoms with E-state index in [9.17, 15) is 4.79 Å². The molecule has 0 N–H and O–H groups in total. The minimum Gasteiger partial charge on any atom is -0.486 e. The first kappa shape index (κ1) is 14.7. The number of hydrogen-bond acceptors (Lipinski definition) is 4. The van der Waals surface area contributed by atoms with Crippen molar-refractivity contribution in [1.82, 2.24) is 4.90 Å². The number of fused-ring (bicyclic) bond motifs is 1. The van der Waals surface area contributed by atoms with Gasteiger partial charge in [-0.3, -0.25) is 4.79 Å². The van der Waals surface area contributed by atoms with Crippen LogP contribution in [0.4, 0.5) is 0 Å². The lowest BCUT2D eigenvalue weighted by Crippen LogP contribution is -2.30. The standard InChI is InChI=1S/C15H21NO4/c1-11(2)20-10-15(17)16(3)9-12-4-5-13-14(8-12)19-7-6-18-13/h4-5,8,11H,6-7,9-10H2,1-3H3. The Morgan fingerprint density at radius 3 is 2.70 bits per heavy atom. The van der Waals surface area contributed by atoms with Gasteiger partial charge in [-0.25, -0.2) is 0 Å². The lowest BCUT2D eigenvalue weighted by molar-refractivity contribution is -0.136. The van der Waals surface area contributed by atoms with Crippen molar-refractivity contribution >= 4 is 5.91 Å². The van der Waals surface area contributed by atoms with Gasteiger partial charge in [-0.1, -0.05) is 6.07 Å². The van der Waals surface area contributed by atoms with Crippen molar-refractivity contribution in [2.75, 3.05) is 26.9 Å². The Bertz CT molecular complexity index is 473. The van der Waals surface area contributed by atoms with E-state index < -0.39 is 0 Å². The third-order valence-corrected chi connectivity index (χ3v) is 2.99. The summed E-state index contributed by atoms with van der Waals surface area (Å²) < 4.78 is 16.3. The maximum absolute atomic E-state index is 11.9. The molecular formula is C15H21NO4. The largest absolute Gasteiger partial charge is 0.486 e. The van der Waals surface area contributed by atoms with Crippen LogP contribution < -0.4 is 9.47 Å². The Morgan fingerprint density at radius 2 is 2.00 bits per heavy atom. The zero-order valence-electron chi connectivity index (χ0n) is 12.2. The van der Waals surface area contributed by atoms with Gasteiger partial charge in [0, 0.05) is 13.6 Å². The molecule has 110 valence electrons. The molecule has 0 unspecified atom stereocenters. The Morgan fingerprint density at radius 1 is 1.30 bits per heavy atom. The number of amides is 1. The molecule has 1 aromatic rings. The maximum atomic E-state index is 11.9. The predicted molar refractivity (Wildman–Crippen MR) is 75.0 cm³/mol. The zero-order chi connectivity index (χ0) is 14.5. The quantitative estimate of drug-likeness (QED) is 0.825. The number of rotatable bonds is 5. The van der Waals surface area contributed by atoms with Gasteiger partial charge in [0.25, 0.3) is 0 Å². The summed E-state index contributed by atoms with van der Waals surface area (Å²) in [6.45, 7) is 5.60. The number of benzene rings is 1. The highest BCUT2D eigenvalue weighted by Gasteiger charge is 2.14. The van der Waals surface area contributed by atoms with Crippen LogP contribution in [0, 0.1) is 0 Å². The van der Waals surface area contributed by atoms with Crippen molar-refractivity contribution < 1.29 is 19.0 Å². The summed E-state index contributed by atoms with van der Waals surface area (Å²) in [4.78, 5) is 13.5. The molecule has 5 nitrogen and oxygen atoms in total. The monoisotopic (exact) mass is 279 g/mol. The summed E-state index contributed by atoms with van der Waals surface area (Å²) in [5.41, 5.74) is 1.01. The molecule has 0 aliphatic carbocycles. The van der Waals surface area contributed by atoms with E-state index in [4.69, 9.17) is 14.2 Å². The van der Waals surface area contributed by atoms with Crippen LogP contribution in [0.15, 0.2) is 18.2 Å². The van der Waals surface area contributed by atoms with E-state index in [1.54, 1.807) is 11.9 Å². The number of ether oxygens (including phenoxy) is 3. The molecule has 0 saturated carbocycles. The van der Waals surface area contributed by atoms with Crippen LogP contribution in [0.25, 0.3) is 0 Å². The third kappa shape index (κ3) is 3.87. The fourth-order valence-corrected chi connectivity index (χ4v) is 1.90. The summed E-state index contributed by atoms with van der Waals surface area (Å²) in [6, 6.07) is 5.74. The summed E-state index contributed by atoms with van der Waals surface area (Å²) >= 11 is 0. The lowest BCUT2D eigenvalue weighted by atomic mass is 10.2. The van der Waals surface area contributed by atoms with E-state index in [1.165, 1.54) is 0 Å². The van der Waals surface area contributed by atoms with Gasteiger partial charge in [0.15, 0.2) is 11.5 Å². The molecule has 5 heteroatoms. The highest BCUT2D eigenvalue weighted by atomic mass is 16.6. The lowest BCUT2D eigenvalue weighted by Gasteiger charge is -2.21.